The van der Waals surface area contributed by atoms with Gasteiger partial charge in [-0.1, -0.05) is 5.16 Å². The highest BCUT2D eigenvalue weighted by Crippen LogP contribution is 2.23. The molecule has 3 aromatic heterocycles. The van der Waals surface area contributed by atoms with Crippen molar-refractivity contribution in [1.29, 1.82) is 0 Å². The lowest BCUT2D eigenvalue weighted by Crippen LogP contribution is -2.43. The summed E-state index contributed by atoms with van der Waals surface area (Å²) in [7, 11) is 1.57. The van der Waals surface area contributed by atoms with Gasteiger partial charge in [0.1, 0.15) is 5.76 Å². The highest BCUT2D eigenvalue weighted by atomic mass is 16.5. The van der Waals surface area contributed by atoms with E-state index >= 15 is 0 Å². The van der Waals surface area contributed by atoms with Gasteiger partial charge < -0.3 is 19.5 Å². The number of methoxy groups -OCH3 is 1. The van der Waals surface area contributed by atoms with Crippen molar-refractivity contribution < 1.29 is 14.1 Å². The zero-order valence-electron chi connectivity index (χ0n) is 18.3. The van der Waals surface area contributed by atoms with Gasteiger partial charge in [-0.15, -0.1) is 0 Å². The van der Waals surface area contributed by atoms with Crippen LogP contribution >= 0.6 is 0 Å². The topological polar surface area (TPSA) is 111 Å². The second-order valence-electron chi connectivity index (χ2n) is 7.78. The molecule has 4 rings (SSSR count). The molecular formula is C21H27N7O3. The van der Waals surface area contributed by atoms with E-state index in [1.807, 2.05) is 36.4 Å². The Labute approximate surface area is 180 Å². The number of piperidine rings is 1. The highest BCUT2D eigenvalue weighted by Gasteiger charge is 2.29. The molecule has 1 fully saturated rings. The van der Waals surface area contributed by atoms with Crippen molar-refractivity contribution in [3.63, 3.8) is 0 Å². The first-order valence-corrected chi connectivity index (χ1v) is 10.3. The third-order valence-electron chi connectivity index (χ3n) is 5.58. The number of aryl methyl sites for hydroxylation is 3. The third-order valence-corrected chi connectivity index (χ3v) is 5.58. The number of ether oxygens (including phenoxy) is 1. The summed E-state index contributed by atoms with van der Waals surface area (Å²) in [5, 5.41) is 11.9. The minimum Gasteiger partial charge on any atom is -0.478 e. The van der Waals surface area contributed by atoms with Crippen LogP contribution in [0.4, 0.5) is 5.82 Å². The van der Waals surface area contributed by atoms with E-state index in [1.165, 1.54) is 0 Å². The molecule has 10 heteroatoms. The largest absolute Gasteiger partial charge is 0.478 e. The van der Waals surface area contributed by atoms with Crippen LogP contribution in [-0.4, -0.2) is 62.0 Å². The van der Waals surface area contributed by atoms with E-state index in [1.54, 1.807) is 19.5 Å². The minimum absolute atomic E-state index is 0.107. The molecule has 10 nitrogen and oxygen atoms in total. The van der Waals surface area contributed by atoms with E-state index in [0.29, 0.717) is 42.8 Å². The average Bonchev–Trinajstić information content (AvgIpc) is 3.29. The van der Waals surface area contributed by atoms with E-state index < -0.39 is 0 Å². The molecule has 1 aliphatic heterocycles. The van der Waals surface area contributed by atoms with Crippen molar-refractivity contribution >= 4 is 11.7 Å². The Balaban J connectivity index is 1.42. The number of likely N-dealkylation sites (tertiary alicyclic amines) is 1. The molecule has 4 heterocycles. The van der Waals surface area contributed by atoms with Gasteiger partial charge >= 0.3 is 0 Å². The summed E-state index contributed by atoms with van der Waals surface area (Å²) in [5.74, 6) is 1.62. The predicted octanol–water partition coefficient (Wildman–Crippen LogP) is 2.36. The molecule has 0 unspecified atom stereocenters. The van der Waals surface area contributed by atoms with Crippen LogP contribution in [0, 0.1) is 20.8 Å². The fourth-order valence-corrected chi connectivity index (χ4v) is 3.87. The monoisotopic (exact) mass is 425 g/mol. The second-order valence-corrected chi connectivity index (χ2v) is 7.78. The lowest BCUT2D eigenvalue weighted by atomic mass is 10.0. The molecule has 1 N–H and O–H groups in total. The molecule has 3 aromatic rings. The Morgan fingerprint density at radius 3 is 2.65 bits per heavy atom. The number of nitrogens with zero attached hydrogens (tertiary/aromatic N) is 6. The van der Waals surface area contributed by atoms with E-state index in [2.05, 4.69) is 25.5 Å². The average molecular weight is 425 g/mol. The first-order valence-electron chi connectivity index (χ1n) is 10.3. The van der Waals surface area contributed by atoms with Crippen LogP contribution in [-0.2, 0) is 6.54 Å². The Morgan fingerprint density at radius 1 is 1.23 bits per heavy atom. The van der Waals surface area contributed by atoms with Gasteiger partial charge in [0.05, 0.1) is 19.3 Å². The van der Waals surface area contributed by atoms with Crippen molar-refractivity contribution in [3.8, 4) is 5.88 Å². The molecule has 0 saturated carbocycles. The van der Waals surface area contributed by atoms with E-state index in [-0.39, 0.29) is 11.9 Å². The summed E-state index contributed by atoms with van der Waals surface area (Å²) < 4.78 is 12.5. The zero-order valence-corrected chi connectivity index (χ0v) is 18.3. The van der Waals surface area contributed by atoms with Crippen LogP contribution in [0.3, 0.4) is 0 Å². The van der Waals surface area contributed by atoms with Gasteiger partial charge in [-0.2, -0.15) is 5.10 Å². The Bertz CT molecular complexity index is 1070. The number of amides is 1. The second kappa shape index (κ2) is 8.75. The quantitative estimate of drug-likeness (QED) is 0.641. The van der Waals surface area contributed by atoms with E-state index in [9.17, 15) is 4.79 Å². The maximum absolute atomic E-state index is 13.2. The SMILES string of the molecule is COc1nccnc1NC1CCN(C(=O)c2noc(C)c2Cn2nc(C)cc2C)CC1. The van der Waals surface area contributed by atoms with Gasteiger partial charge in [0, 0.05) is 42.8 Å². The molecule has 0 aromatic carbocycles. The lowest BCUT2D eigenvalue weighted by Gasteiger charge is -2.32. The number of carbonyl (C=O) groups is 1. The van der Waals surface area contributed by atoms with Crippen LogP contribution < -0.4 is 10.1 Å². The number of aromatic nitrogens is 5. The van der Waals surface area contributed by atoms with Crippen molar-refractivity contribution in [3.05, 3.63) is 46.9 Å². The molecular weight excluding hydrogens is 398 g/mol. The number of hydrogen-bond acceptors (Lipinski definition) is 8. The van der Waals surface area contributed by atoms with E-state index in [4.69, 9.17) is 9.26 Å². The summed E-state index contributed by atoms with van der Waals surface area (Å²) in [5.41, 5.74) is 3.12. The number of carbonyl (C=O) groups excluding carboxylic acids is 1. The first-order chi connectivity index (χ1) is 15.0. The number of rotatable bonds is 6. The molecule has 0 radical (unpaired) electrons. The van der Waals surface area contributed by atoms with Crippen molar-refractivity contribution in [2.45, 2.75) is 46.2 Å². The lowest BCUT2D eigenvalue weighted by molar-refractivity contribution is 0.0706. The molecule has 0 atom stereocenters. The predicted molar refractivity (Wildman–Crippen MR) is 113 cm³/mol. The van der Waals surface area contributed by atoms with Crippen LogP contribution in [0.15, 0.2) is 23.0 Å². The third kappa shape index (κ3) is 4.37. The summed E-state index contributed by atoms with van der Waals surface area (Å²) in [4.78, 5) is 23.5. The van der Waals surface area contributed by atoms with Crippen molar-refractivity contribution in [2.24, 2.45) is 0 Å². The smallest absolute Gasteiger partial charge is 0.276 e. The maximum atomic E-state index is 13.2. The summed E-state index contributed by atoms with van der Waals surface area (Å²) in [6, 6.07) is 2.19. The van der Waals surface area contributed by atoms with Gasteiger partial charge in [-0.3, -0.25) is 9.48 Å². The highest BCUT2D eigenvalue weighted by molar-refractivity contribution is 5.94. The van der Waals surface area contributed by atoms with E-state index in [0.717, 1.165) is 29.8 Å². The fourth-order valence-electron chi connectivity index (χ4n) is 3.87. The summed E-state index contributed by atoms with van der Waals surface area (Å²) in [6.45, 7) is 7.46. The number of hydrogen-bond donors (Lipinski definition) is 1. The molecule has 0 aliphatic carbocycles. The molecule has 0 bridgehead atoms. The summed E-state index contributed by atoms with van der Waals surface area (Å²) in [6.07, 6.45) is 4.79. The zero-order chi connectivity index (χ0) is 22.0. The Kier molecular flexibility index (Phi) is 5.88. The minimum atomic E-state index is -0.107. The van der Waals surface area contributed by atoms with Crippen LogP contribution in [0.2, 0.25) is 0 Å². The standard InChI is InChI=1S/C21H27N7O3/c1-13-11-14(2)28(25-13)12-17-15(3)31-26-18(17)21(29)27-9-5-16(6-10-27)24-19-20(30-4)23-8-7-22-19/h7-8,11,16H,5-6,9-10,12H2,1-4H3,(H,22,24). The van der Waals surface area contributed by atoms with Gasteiger partial charge in [0.25, 0.3) is 11.8 Å². The van der Waals surface area contributed by atoms with Crippen molar-refractivity contribution in [2.75, 3.05) is 25.5 Å². The fraction of sp³-hybridized carbons (Fsp3) is 0.476. The first kappa shape index (κ1) is 20.8. The van der Waals surface area contributed by atoms with Gasteiger partial charge in [0.15, 0.2) is 11.5 Å². The van der Waals surface area contributed by atoms with Crippen molar-refractivity contribution in [1.82, 2.24) is 29.8 Å². The van der Waals surface area contributed by atoms with Crippen LogP contribution in [0.5, 0.6) is 5.88 Å². The van der Waals surface area contributed by atoms with Crippen LogP contribution in [0.1, 0.15) is 46.0 Å². The molecule has 1 amide bonds. The Morgan fingerprint density at radius 2 is 1.97 bits per heavy atom. The number of nitrogens with one attached hydrogen (secondary N) is 1. The molecule has 164 valence electrons. The molecule has 31 heavy (non-hydrogen) atoms. The van der Waals surface area contributed by atoms with Gasteiger partial charge in [-0.05, 0) is 39.7 Å². The maximum Gasteiger partial charge on any atom is 0.276 e. The molecule has 1 saturated heterocycles. The van der Waals surface area contributed by atoms with Crippen LogP contribution in [0.25, 0.3) is 0 Å². The summed E-state index contributed by atoms with van der Waals surface area (Å²) >= 11 is 0. The molecule has 1 aliphatic rings. The van der Waals surface area contributed by atoms with Gasteiger partial charge in [0.2, 0.25) is 0 Å². The normalized spacial score (nSPS) is 14.6. The van der Waals surface area contributed by atoms with Gasteiger partial charge in [-0.25, -0.2) is 9.97 Å². The Hall–Kier alpha value is -3.43. The number of anilines is 1. The molecule has 0 spiro atoms.